The summed E-state index contributed by atoms with van der Waals surface area (Å²) in [4.78, 5) is 26.4. The molecule has 25 heavy (non-hydrogen) atoms. The average Bonchev–Trinajstić information content (AvgIpc) is 2.66. The van der Waals surface area contributed by atoms with Crippen LogP contribution in [-0.2, 0) is 9.59 Å². The molecule has 5 heteroatoms. The summed E-state index contributed by atoms with van der Waals surface area (Å²) in [7, 11) is 0. The van der Waals surface area contributed by atoms with E-state index in [0.29, 0.717) is 0 Å². The fraction of sp³-hybridized carbons (Fsp3) is 0.400. The van der Waals surface area contributed by atoms with Crippen molar-refractivity contribution in [3.05, 3.63) is 42.5 Å². The highest BCUT2D eigenvalue weighted by Crippen LogP contribution is 2.22. The van der Waals surface area contributed by atoms with Crippen LogP contribution in [0.3, 0.4) is 0 Å². The first kappa shape index (κ1) is 17.3. The van der Waals surface area contributed by atoms with E-state index in [0.717, 1.165) is 42.4 Å². The lowest BCUT2D eigenvalue weighted by Crippen LogP contribution is -2.49. The van der Waals surface area contributed by atoms with E-state index in [2.05, 4.69) is 10.6 Å². The summed E-state index contributed by atoms with van der Waals surface area (Å²) in [5.41, 5.74) is 0.920. The molecule has 3 rings (SSSR count). The number of rotatable bonds is 5. The van der Waals surface area contributed by atoms with Gasteiger partial charge in [-0.3, -0.25) is 9.59 Å². The molecule has 1 saturated heterocycles. The van der Waals surface area contributed by atoms with E-state index in [1.807, 2.05) is 47.4 Å². The maximum atomic E-state index is 12.4. The third kappa shape index (κ3) is 4.29. The number of carbonyl (C=O) groups is 2. The van der Waals surface area contributed by atoms with E-state index in [9.17, 15) is 9.59 Å². The van der Waals surface area contributed by atoms with Crippen LogP contribution in [0.15, 0.2) is 42.5 Å². The van der Waals surface area contributed by atoms with Gasteiger partial charge in [-0.15, -0.1) is 0 Å². The van der Waals surface area contributed by atoms with Crippen molar-refractivity contribution in [3.8, 4) is 0 Å². The Kier molecular flexibility index (Phi) is 5.53. The van der Waals surface area contributed by atoms with Gasteiger partial charge >= 0.3 is 0 Å². The molecule has 0 saturated carbocycles. The van der Waals surface area contributed by atoms with Crippen molar-refractivity contribution in [2.75, 3.05) is 25.0 Å². The highest BCUT2D eigenvalue weighted by molar-refractivity contribution is 5.95. The number of piperidine rings is 1. The van der Waals surface area contributed by atoms with Gasteiger partial charge in [0.15, 0.2) is 0 Å². The van der Waals surface area contributed by atoms with Crippen LogP contribution < -0.4 is 10.6 Å². The van der Waals surface area contributed by atoms with Crippen molar-refractivity contribution in [2.24, 2.45) is 0 Å². The average molecular weight is 339 g/mol. The van der Waals surface area contributed by atoms with Crippen LogP contribution in [0, 0.1) is 0 Å². The standard InChI is InChI=1S/C20H25N3O2/c1-15(20(25)23-12-5-2-6-13-23)22-19(24)14-21-18-11-7-9-16-8-3-4-10-17(16)18/h3-4,7-11,15,21H,2,5-6,12-14H2,1H3,(H,22,24)/t15-/m1/s1. The van der Waals surface area contributed by atoms with Gasteiger partial charge in [-0.05, 0) is 37.6 Å². The number of likely N-dealkylation sites (tertiary alicyclic amines) is 1. The molecule has 0 bridgehead atoms. The molecule has 0 spiro atoms. The van der Waals surface area contributed by atoms with E-state index in [1.165, 1.54) is 6.42 Å². The predicted octanol–water partition coefficient (Wildman–Crippen LogP) is 2.77. The Bertz CT molecular complexity index is 748. The van der Waals surface area contributed by atoms with Crippen LogP contribution in [-0.4, -0.2) is 42.4 Å². The minimum atomic E-state index is -0.486. The minimum absolute atomic E-state index is 0.0122. The Hall–Kier alpha value is -2.56. The van der Waals surface area contributed by atoms with Gasteiger partial charge < -0.3 is 15.5 Å². The van der Waals surface area contributed by atoms with Crippen LogP contribution in [0.5, 0.6) is 0 Å². The summed E-state index contributed by atoms with van der Waals surface area (Å²) in [5.74, 6) is -0.163. The molecule has 0 aliphatic carbocycles. The molecule has 1 heterocycles. The summed E-state index contributed by atoms with van der Waals surface area (Å²) in [6, 6.07) is 13.5. The SMILES string of the molecule is C[C@@H](NC(=O)CNc1cccc2ccccc12)C(=O)N1CCCCC1. The van der Waals surface area contributed by atoms with Crippen molar-refractivity contribution in [3.63, 3.8) is 0 Å². The Morgan fingerprint density at radius 3 is 2.56 bits per heavy atom. The smallest absolute Gasteiger partial charge is 0.244 e. The van der Waals surface area contributed by atoms with Crippen LogP contribution in [0.1, 0.15) is 26.2 Å². The second kappa shape index (κ2) is 8.01. The van der Waals surface area contributed by atoms with Crippen molar-refractivity contribution in [2.45, 2.75) is 32.2 Å². The third-order valence-corrected chi connectivity index (χ3v) is 4.64. The largest absolute Gasteiger partial charge is 0.376 e. The lowest BCUT2D eigenvalue weighted by molar-refractivity contribution is -0.136. The zero-order valence-corrected chi connectivity index (χ0v) is 14.6. The summed E-state index contributed by atoms with van der Waals surface area (Å²) in [6.07, 6.45) is 3.28. The van der Waals surface area contributed by atoms with Crippen LogP contribution in [0.4, 0.5) is 5.69 Å². The minimum Gasteiger partial charge on any atom is -0.376 e. The fourth-order valence-corrected chi connectivity index (χ4v) is 3.30. The quantitative estimate of drug-likeness (QED) is 0.880. The van der Waals surface area contributed by atoms with Crippen LogP contribution in [0.25, 0.3) is 10.8 Å². The lowest BCUT2D eigenvalue weighted by Gasteiger charge is -2.29. The molecule has 0 aromatic heterocycles. The third-order valence-electron chi connectivity index (χ3n) is 4.64. The van der Waals surface area contributed by atoms with Crippen molar-refractivity contribution >= 4 is 28.3 Å². The number of amides is 2. The monoisotopic (exact) mass is 339 g/mol. The van der Waals surface area contributed by atoms with Gasteiger partial charge in [-0.2, -0.15) is 0 Å². The second-order valence-electron chi connectivity index (χ2n) is 6.56. The number of carbonyl (C=O) groups excluding carboxylic acids is 2. The molecular formula is C20H25N3O2. The van der Waals surface area contributed by atoms with Crippen molar-refractivity contribution in [1.82, 2.24) is 10.2 Å². The Morgan fingerprint density at radius 2 is 1.76 bits per heavy atom. The first-order valence-corrected chi connectivity index (χ1v) is 8.95. The van der Waals surface area contributed by atoms with Gasteiger partial charge in [0.1, 0.15) is 6.04 Å². The van der Waals surface area contributed by atoms with Gasteiger partial charge in [-0.1, -0.05) is 36.4 Å². The first-order chi connectivity index (χ1) is 12.1. The topological polar surface area (TPSA) is 61.4 Å². The number of nitrogens with one attached hydrogen (secondary N) is 2. The first-order valence-electron chi connectivity index (χ1n) is 8.95. The fourth-order valence-electron chi connectivity index (χ4n) is 3.30. The second-order valence-corrected chi connectivity index (χ2v) is 6.56. The Labute approximate surface area is 148 Å². The maximum absolute atomic E-state index is 12.4. The van der Waals surface area contributed by atoms with Crippen molar-refractivity contribution < 1.29 is 9.59 Å². The number of hydrogen-bond acceptors (Lipinski definition) is 3. The summed E-state index contributed by atoms with van der Waals surface area (Å²) in [6.45, 7) is 3.50. The van der Waals surface area contributed by atoms with Crippen LogP contribution >= 0.6 is 0 Å². The molecule has 1 aliphatic heterocycles. The number of nitrogens with zero attached hydrogens (tertiary/aromatic N) is 1. The van der Waals surface area contributed by atoms with E-state index in [-0.39, 0.29) is 18.4 Å². The highest BCUT2D eigenvalue weighted by atomic mass is 16.2. The number of benzene rings is 2. The van der Waals surface area contributed by atoms with Crippen LogP contribution in [0.2, 0.25) is 0 Å². The van der Waals surface area contributed by atoms with Gasteiger partial charge in [0, 0.05) is 24.2 Å². The van der Waals surface area contributed by atoms with Gasteiger partial charge in [0.2, 0.25) is 11.8 Å². The van der Waals surface area contributed by atoms with E-state index in [4.69, 9.17) is 0 Å². The molecule has 2 N–H and O–H groups in total. The van der Waals surface area contributed by atoms with Gasteiger partial charge in [-0.25, -0.2) is 0 Å². The van der Waals surface area contributed by atoms with Gasteiger partial charge in [0.05, 0.1) is 6.54 Å². The zero-order chi connectivity index (χ0) is 17.6. The molecule has 1 fully saturated rings. The normalized spacial score (nSPS) is 15.6. The molecule has 0 unspecified atom stereocenters. The summed E-state index contributed by atoms with van der Waals surface area (Å²) >= 11 is 0. The Morgan fingerprint density at radius 1 is 1.04 bits per heavy atom. The predicted molar refractivity (Wildman–Crippen MR) is 100 cm³/mol. The summed E-state index contributed by atoms with van der Waals surface area (Å²) in [5, 5.41) is 8.18. The zero-order valence-electron chi connectivity index (χ0n) is 14.6. The highest BCUT2D eigenvalue weighted by Gasteiger charge is 2.23. The molecule has 2 aromatic rings. The molecular weight excluding hydrogens is 314 g/mol. The molecule has 1 atom stereocenters. The molecule has 2 aromatic carbocycles. The van der Waals surface area contributed by atoms with E-state index < -0.39 is 6.04 Å². The number of anilines is 1. The Balaban J connectivity index is 1.54. The molecule has 0 radical (unpaired) electrons. The lowest BCUT2D eigenvalue weighted by atomic mass is 10.1. The van der Waals surface area contributed by atoms with E-state index >= 15 is 0 Å². The summed E-state index contributed by atoms with van der Waals surface area (Å²) < 4.78 is 0. The molecule has 2 amide bonds. The maximum Gasteiger partial charge on any atom is 0.244 e. The number of fused-ring (bicyclic) bond motifs is 1. The van der Waals surface area contributed by atoms with Gasteiger partial charge in [0.25, 0.3) is 0 Å². The molecule has 132 valence electrons. The van der Waals surface area contributed by atoms with Crippen molar-refractivity contribution in [1.29, 1.82) is 0 Å². The number of hydrogen-bond donors (Lipinski definition) is 2. The van der Waals surface area contributed by atoms with E-state index in [1.54, 1.807) is 6.92 Å². The molecule has 5 nitrogen and oxygen atoms in total. The molecule has 1 aliphatic rings.